The summed E-state index contributed by atoms with van der Waals surface area (Å²) in [6, 6.07) is 2.63. The molecular weight excluding hydrogens is 300 g/mol. The zero-order chi connectivity index (χ0) is 14.9. The van der Waals surface area contributed by atoms with E-state index in [1.165, 1.54) is 5.56 Å². The van der Waals surface area contributed by atoms with Crippen LogP contribution in [0.5, 0.6) is 0 Å². The molecule has 120 valence electrons. The molecule has 0 bridgehead atoms. The number of amides is 1. The Morgan fingerprint density at radius 3 is 3.14 bits per heavy atom. The number of carbonyl (C=O) groups excluding carboxylic acids is 1. The Balaban J connectivity index is 1.48. The van der Waals surface area contributed by atoms with Crippen LogP contribution in [-0.4, -0.2) is 54.3 Å². The number of nitrogens with zero attached hydrogens (tertiary/aromatic N) is 2. The van der Waals surface area contributed by atoms with Gasteiger partial charge in [0, 0.05) is 25.7 Å². The van der Waals surface area contributed by atoms with Crippen molar-refractivity contribution in [2.75, 3.05) is 26.3 Å². The monoisotopic (exact) mass is 322 g/mol. The van der Waals surface area contributed by atoms with E-state index in [4.69, 9.17) is 9.57 Å². The number of fused-ring (bicyclic) bond motifs is 1. The first-order valence-electron chi connectivity index (χ1n) is 8.12. The van der Waals surface area contributed by atoms with E-state index in [0.717, 1.165) is 45.5 Å². The molecule has 6 heteroatoms. The van der Waals surface area contributed by atoms with E-state index in [-0.39, 0.29) is 17.9 Å². The molecule has 1 aromatic heterocycles. The van der Waals surface area contributed by atoms with Gasteiger partial charge in [0.1, 0.15) is 0 Å². The van der Waals surface area contributed by atoms with Gasteiger partial charge in [0.05, 0.1) is 25.2 Å². The molecule has 5 nitrogen and oxygen atoms in total. The molecule has 0 aromatic carbocycles. The summed E-state index contributed by atoms with van der Waals surface area (Å²) in [6.07, 6.45) is 3.06. The van der Waals surface area contributed by atoms with Gasteiger partial charge in [-0.3, -0.25) is 14.5 Å². The summed E-state index contributed by atoms with van der Waals surface area (Å²) < 4.78 is 5.90. The molecule has 1 aromatic rings. The van der Waals surface area contributed by atoms with Crippen LogP contribution in [0.2, 0.25) is 0 Å². The minimum Gasteiger partial charge on any atom is -0.377 e. The van der Waals surface area contributed by atoms with Crippen molar-refractivity contribution in [2.45, 2.75) is 38.0 Å². The van der Waals surface area contributed by atoms with Crippen LogP contribution < -0.4 is 0 Å². The summed E-state index contributed by atoms with van der Waals surface area (Å²) in [5.41, 5.74) is 1.33. The third-order valence-corrected chi connectivity index (χ3v) is 5.66. The quantitative estimate of drug-likeness (QED) is 0.852. The summed E-state index contributed by atoms with van der Waals surface area (Å²) in [5.74, 6) is 0.137. The van der Waals surface area contributed by atoms with Crippen molar-refractivity contribution in [3.05, 3.63) is 22.4 Å². The second-order valence-electron chi connectivity index (χ2n) is 6.39. The number of hydrogen-bond donors (Lipinski definition) is 0. The number of carbonyl (C=O) groups is 1. The van der Waals surface area contributed by atoms with Crippen molar-refractivity contribution < 1.29 is 14.4 Å². The molecule has 3 aliphatic rings. The first-order chi connectivity index (χ1) is 10.8. The summed E-state index contributed by atoms with van der Waals surface area (Å²) in [6.45, 7) is 3.95. The molecule has 1 amide bonds. The molecule has 3 atom stereocenters. The van der Waals surface area contributed by atoms with Gasteiger partial charge in [0.25, 0.3) is 5.91 Å². The maximum Gasteiger partial charge on any atom is 0.250 e. The maximum absolute atomic E-state index is 12.7. The second-order valence-corrected chi connectivity index (χ2v) is 7.17. The summed E-state index contributed by atoms with van der Waals surface area (Å²) in [7, 11) is 0. The standard InChI is InChI=1S/C16H22N2O3S/c19-16(18-4-1-5-21-18)13-8-15-14(2-6-20-15)17(10-13)9-12-3-7-22-11-12/h3,7,11,13-15H,1-2,4-6,8-10H2/t13-,14+,15+/m0/s1. The van der Waals surface area contributed by atoms with Crippen LogP contribution in [0.1, 0.15) is 24.8 Å². The molecule has 4 rings (SSSR count). The summed E-state index contributed by atoms with van der Waals surface area (Å²) >= 11 is 1.73. The van der Waals surface area contributed by atoms with E-state index in [1.807, 2.05) is 0 Å². The van der Waals surface area contributed by atoms with Crippen molar-refractivity contribution in [3.8, 4) is 0 Å². The number of ether oxygens (including phenoxy) is 1. The lowest BCUT2D eigenvalue weighted by atomic mass is 9.89. The van der Waals surface area contributed by atoms with Crippen molar-refractivity contribution in [2.24, 2.45) is 5.92 Å². The SMILES string of the molecule is O=C([C@H]1C[C@H]2OCC[C@H]2N(Cc2ccsc2)C1)N1CCCO1. The molecule has 0 radical (unpaired) electrons. The van der Waals surface area contributed by atoms with Crippen LogP contribution in [0, 0.1) is 5.92 Å². The van der Waals surface area contributed by atoms with Gasteiger partial charge in [-0.1, -0.05) is 0 Å². The van der Waals surface area contributed by atoms with E-state index in [0.29, 0.717) is 12.6 Å². The maximum atomic E-state index is 12.7. The topological polar surface area (TPSA) is 42.0 Å². The lowest BCUT2D eigenvalue weighted by Gasteiger charge is -2.40. The molecule has 3 saturated heterocycles. The predicted molar refractivity (Wildman–Crippen MR) is 83.3 cm³/mol. The first-order valence-corrected chi connectivity index (χ1v) is 9.06. The van der Waals surface area contributed by atoms with Gasteiger partial charge in [-0.05, 0) is 41.7 Å². The van der Waals surface area contributed by atoms with Crippen molar-refractivity contribution >= 4 is 17.2 Å². The van der Waals surface area contributed by atoms with Gasteiger partial charge in [-0.2, -0.15) is 11.3 Å². The van der Waals surface area contributed by atoms with Crippen molar-refractivity contribution in [3.63, 3.8) is 0 Å². The van der Waals surface area contributed by atoms with Crippen LogP contribution >= 0.6 is 11.3 Å². The smallest absolute Gasteiger partial charge is 0.250 e. The van der Waals surface area contributed by atoms with E-state index < -0.39 is 0 Å². The molecule has 0 unspecified atom stereocenters. The normalized spacial score (nSPS) is 32.4. The Kier molecular flexibility index (Phi) is 4.17. The Labute approximate surface area is 134 Å². The molecule has 0 aliphatic carbocycles. The Hall–Kier alpha value is -0.950. The molecule has 3 fully saturated rings. The first kappa shape index (κ1) is 14.6. The molecular formula is C16H22N2O3S. The molecule has 0 N–H and O–H groups in total. The average Bonchev–Trinajstić information content (AvgIpc) is 3.27. The fraction of sp³-hybridized carbons (Fsp3) is 0.688. The summed E-state index contributed by atoms with van der Waals surface area (Å²) in [5, 5.41) is 5.88. The number of piperidine rings is 1. The molecule has 0 spiro atoms. The van der Waals surface area contributed by atoms with Gasteiger partial charge in [0.2, 0.25) is 0 Å². The van der Waals surface area contributed by atoms with Crippen LogP contribution in [0.4, 0.5) is 0 Å². The number of hydrogen-bond acceptors (Lipinski definition) is 5. The van der Waals surface area contributed by atoms with Gasteiger partial charge >= 0.3 is 0 Å². The Bertz CT molecular complexity index is 515. The number of thiophene rings is 1. The molecule has 22 heavy (non-hydrogen) atoms. The van der Waals surface area contributed by atoms with Crippen LogP contribution in [-0.2, 0) is 20.9 Å². The van der Waals surface area contributed by atoms with Gasteiger partial charge in [-0.15, -0.1) is 0 Å². The average molecular weight is 322 g/mol. The Morgan fingerprint density at radius 1 is 1.41 bits per heavy atom. The fourth-order valence-electron chi connectivity index (χ4n) is 3.86. The highest BCUT2D eigenvalue weighted by molar-refractivity contribution is 7.07. The lowest BCUT2D eigenvalue weighted by molar-refractivity contribution is -0.177. The van der Waals surface area contributed by atoms with Crippen molar-refractivity contribution in [1.82, 2.24) is 9.96 Å². The third-order valence-electron chi connectivity index (χ3n) is 4.93. The van der Waals surface area contributed by atoms with E-state index in [2.05, 4.69) is 21.7 Å². The third kappa shape index (κ3) is 2.80. The highest BCUT2D eigenvalue weighted by Crippen LogP contribution is 2.33. The van der Waals surface area contributed by atoms with Crippen LogP contribution in [0.15, 0.2) is 16.8 Å². The van der Waals surface area contributed by atoms with E-state index in [1.54, 1.807) is 16.4 Å². The van der Waals surface area contributed by atoms with Gasteiger partial charge < -0.3 is 4.74 Å². The van der Waals surface area contributed by atoms with Gasteiger partial charge in [0.15, 0.2) is 0 Å². The number of likely N-dealkylation sites (tertiary alicyclic amines) is 1. The fourth-order valence-corrected chi connectivity index (χ4v) is 4.52. The molecule has 3 aliphatic heterocycles. The highest BCUT2D eigenvalue weighted by Gasteiger charge is 2.43. The predicted octanol–water partition coefficient (Wildman–Crippen LogP) is 1.89. The minimum atomic E-state index is -0.00362. The largest absolute Gasteiger partial charge is 0.377 e. The zero-order valence-corrected chi connectivity index (χ0v) is 13.5. The number of rotatable bonds is 3. The highest BCUT2D eigenvalue weighted by atomic mass is 32.1. The van der Waals surface area contributed by atoms with Crippen molar-refractivity contribution in [1.29, 1.82) is 0 Å². The number of hydroxylamine groups is 2. The molecule has 4 heterocycles. The lowest BCUT2D eigenvalue weighted by Crippen LogP contribution is -2.52. The summed E-state index contributed by atoms with van der Waals surface area (Å²) in [4.78, 5) is 20.6. The van der Waals surface area contributed by atoms with Crippen LogP contribution in [0.3, 0.4) is 0 Å². The molecule has 0 saturated carbocycles. The zero-order valence-electron chi connectivity index (χ0n) is 12.6. The second kappa shape index (κ2) is 6.28. The van der Waals surface area contributed by atoms with Gasteiger partial charge in [-0.25, -0.2) is 5.06 Å². The van der Waals surface area contributed by atoms with E-state index >= 15 is 0 Å². The van der Waals surface area contributed by atoms with E-state index in [9.17, 15) is 4.79 Å². The minimum absolute atomic E-state index is 0.00362. The van der Waals surface area contributed by atoms with Crippen LogP contribution in [0.25, 0.3) is 0 Å². The Morgan fingerprint density at radius 2 is 2.36 bits per heavy atom.